The molecule has 74 valence electrons. The number of rotatable bonds is 3. The molecule has 0 radical (unpaired) electrons. The summed E-state index contributed by atoms with van der Waals surface area (Å²) < 4.78 is 0. The van der Waals surface area contributed by atoms with Crippen molar-refractivity contribution >= 4 is 22.7 Å². The average molecular weight is 226 g/mol. The van der Waals surface area contributed by atoms with Crippen LogP contribution < -0.4 is 0 Å². The van der Waals surface area contributed by atoms with Gasteiger partial charge in [0.2, 0.25) is 0 Å². The van der Waals surface area contributed by atoms with Crippen molar-refractivity contribution in [2.45, 2.75) is 12.2 Å². The predicted octanol–water partition coefficient (Wildman–Crippen LogP) is 2.58. The minimum absolute atomic E-state index is 0.797. The van der Waals surface area contributed by atoms with Gasteiger partial charge >= 0.3 is 0 Å². The van der Waals surface area contributed by atoms with Crippen LogP contribution in [-0.2, 0) is 0 Å². The van der Waals surface area contributed by atoms with Gasteiger partial charge in [0, 0.05) is 9.75 Å². The Kier molecular flexibility index (Phi) is 2.98. The molecule has 0 saturated carbocycles. The molecule has 2 aromatic heterocycles. The third-order valence-electron chi connectivity index (χ3n) is 1.97. The number of thiophene rings is 2. The molecule has 2 nitrogen and oxygen atoms in total. The van der Waals surface area contributed by atoms with Crippen molar-refractivity contribution in [3.8, 4) is 0 Å². The SMILES string of the molecule is OC(c1cccs1)C(O)c1cccs1. The van der Waals surface area contributed by atoms with E-state index in [1.807, 2.05) is 35.0 Å². The van der Waals surface area contributed by atoms with E-state index in [9.17, 15) is 10.2 Å². The van der Waals surface area contributed by atoms with Crippen molar-refractivity contribution in [3.05, 3.63) is 44.8 Å². The van der Waals surface area contributed by atoms with E-state index >= 15 is 0 Å². The molecule has 0 aliphatic carbocycles. The second kappa shape index (κ2) is 4.23. The van der Waals surface area contributed by atoms with E-state index in [1.165, 1.54) is 22.7 Å². The van der Waals surface area contributed by atoms with Gasteiger partial charge in [0.25, 0.3) is 0 Å². The Balaban J connectivity index is 2.16. The first kappa shape index (κ1) is 9.86. The lowest BCUT2D eigenvalue weighted by molar-refractivity contribution is 0.0217. The topological polar surface area (TPSA) is 40.5 Å². The van der Waals surface area contributed by atoms with E-state index in [-0.39, 0.29) is 0 Å². The van der Waals surface area contributed by atoms with Crippen LogP contribution in [0, 0.1) is 0 Å². The van der Waals surface area contributed by atoms with E-state index in [2.05, 4.69) is 0 Å². The van der Waals surface area contributed by atoms with Crippen LogP contribution >= 0.6 is 22.7 Å². The summed E-state index contributed by atoms with van der Waals surface area (Å²) in [6.07, 6.45) is -1.62. The van der Waals surface area contributed by atoms with Gasteiger partial charge in [-0.15, -0.1) is 22.7 Å². The van der Waals surface area contributed by atoms with Crippen molar-refractivity contribution in [2.24, 2.45) is 0 Å². The Morgan fingerprint density at radius 2 is 1.29 bits per heavy atom. The van der Waals surface area contributed by atoms with Gasteiger partial charge < -0.3 is 10.2 Å². The van der Waals surface area contributed by atoms with Gasteiger partial charge in [-0.1, -0.05) is 12.1 Å². The maximum Gasteiger partial charge on any atom is 0.119 e. The number of hydrogen-bond acceptors (Lipinski definition) is 4. The summed E-state index contributed by atoms with van der Waals surface area (Å²) >= 11 is 2.90. The molecule has 0 bridgehead atoms. The largest absolute Gasteiger partial charge is 0.384 e. The zero-order valence-electron chi connectivity index (χ0n) is 7.33. The minimum Gasteiger partial charge on any atom is -0.384 e. The van der Waals surface area contributed by atoms with Crippen molar-refractivity contribution in [3.63, 3.8) is 0 Å². The standard InChI is InChI=1S/C10H10O2S2/c11-9(7-3-1-5-13-7)10(12)8-4-2-6-14-8/h1-6,9-12H. The molecule has 0 saturated heterocycles. The molecule has 0 amide bonds. The van der Waals surface area contributed by atoms with Crippen LogP contribution in [0.15, 0.2) is 35.0 Å². The van der Waals surface area contributed by atoms with Gasteiger partial charge in [0.1, 0.15) is 12.2 Å². The highest BCUT2D eigenvalue weighted by Crippen LogP contribution is 2.33. The molecular formula is C10H10O2S2. The fraction of sp³-hybridized carbons (Fsp3) is 0.200. The Hall–Kier alpha value is -0.680. The minimum atomic E-state index is -0.811. The number of aliphatic hydroxyl groups excluding tert-OH is 2. The van der Waals surface area contributed by atoms with Crippen LogP contribution in [0.3, 0.4) is 0 Å². The summed E-state index contributed by atoms with van der Waals surface area (Å²) in [4.78, 5) is 1.59. The molecule has 0 spiro atoms. The van der Waals surface area contributed by atoms with E-state index in [0.717, 1.165) is 9.75 Å². The van der Waals surface area contributed by atoms with Gasteiger partial charge in [-0.25, -0.2) is 0 Å². The van der Waals surface area contributed by atoms with Crippen molar-refractivity contribution < 1.29 is 10.2 Å². The Morgan fingerprint density at radius 1 is 0.857 bits per heavy atom. The van der Waals surface area contributed by atoms with Crippen LogP contribution in [0.5, 0.6) is 0 Å². The quantitative estimate of drug-likeness (QED) is 0.844. The smallest absolute Gasteiger partial charge is 0.119 e. The summed E-state index contributed by atoms with van der Waals surface area (Å²) in [6, 6.07) is 7.38. The lowest BCUT2D eigenvalue weighted by atomic mass is 10.1. The first-order valence-corrected chi connectivity index (χ1v) is 5.98. The fourth-order valence-corrected chi connectivity index (χ4v) is 2.71. The average Bonchev–Trinajstić information content (AvgIpc) is 2.87. The monoisotopic (exact) mass is 226 g/mol. The van der Waals surface area contributed by atoms with Crippen molar-refractivity contribution in [1.29, 1.82) is 0 Å². The molecule has 0 fully saturated rings. The predicted molar refractivity (Wildman–Crippen MR) is 58.6 cm³/mol. The number of aliphatic hydroxyl groups is 2. The lowest BCUT2D eigenvalue weighted by Crippen LogP contribution is -2.07. The normalized spacial score (nSPS) is 15.3. The zero-order chi connectivity index (χ0) is 9.97. The summed E-state index contributed by atoms with van der Waals surface area (Å²) in [6.45, 7) is 0. The van der Waals surface area contributed by atoms with E-state index in [0.29, 0.717) is 0 Å². The van der Waals surface area contributed by atoms with Crippen LogP contribution in [0.4, 0.5) is 0 Å². The van der Waals surface area contributed by atoms with Crippen molar-refractivity contribution in [2.75, 3.05) is 0 Å². The Bertz CT molecular complexity index is 328. The van der Waals surface area contributed by atoms with E-state index in [4.69, 9.17) is 0 Å². The maximum atomic E-state index is 9.82. The Morgan fingerprint density at radius 3 is 1.57 bits per heavy atom. The van der Waals surface area contributed by atoms with Crippen LogP contribution in [0.25, 0.3) is 0 Å². The molecule has 2 unspecified atom stereocenters. The third-order valence-corrected chi connectivity index (χ3v) is 3.85. The summed E-state index contributed by atoms with van der Waals surface area (Å²) in [5.74, 6) is 0. The Labute approximate surface area is 90.1 Å². The van der Waals surface area contributed by atoms with Crippen molar-refractivity contribution in [1.82, 2.24) is 0 Å². The summed E-state index contributed by atoms with van der Waals surface area (Å²) in [5.41, 5.74) is 0. The molecule has 0 aliphatic heterocycles. The third kappa shape index (κ3) is 1.88. The lowest BCUT2D eigenvalue weighted by Gasteiger charge is -2.14. The highest BCUT2D eigenvalue weighted by Gasteiger charge is 2.21. The molecule has 2 atom stereocenters. The van der Waals surface area contributed by atoms with Gasteiger partial charge in [0.15, 0.2) is 0 Å². The molecule has 2 N–H and O–H groups in total. The van der Waals surface area contributed by atoms with Gasteiger partial charge in [-0.05, 0) is 22.9 Å². The second-order valence-corrected chi connectivity index (χ2v) is 4.88. The second-order valence-electron chi connectivity index (χ2n) is 2.92. The molecule has 14 heavy (non-hydrogen) atoms. The van der Waals surface area contributed by atoms with Gasteiger partial charge in [-0.2, -0.15) is 0 Å². The fourth-order valence-electron chi connectivity index (χ4n) is 1.23. The van der Waals surface area contributed by atoms with Gasteiger partial charge in [0.05, 0.1) is 0 Å². The summed E-state index contributed by atoms with van der Waals surface area (Å²) in [5, 5.41) is 23.4. The molecule has 2 heterocycles. The maximum absolute atomic E-state index is 9.82. The van der Waals surface area contributed by atoms with Gasteiger partial charge in [-0.3, -0.25) is 0 Å². The van der Waals surface area contributed by atoms with Crippen LogP contribution in [0.1, 0.15) is 22.0 Å². The molecular weight excluding hydrogens is 216 g/mol. The summed E-state index contributed by atoms with van der Waals surface area (Å²) in [7, 11) is 0. The molecule has 4 heteroatoms. The first-order valence-electron chi connectivity index (χ1n) is 4.22. The zero-order valence-corrected chi connectivity index (χ0v) is 8.96. The highest BCUT2D eigenvalue weighted by atomic mass is 32.1. The van der Waals surface area contributed by atoms with E-state index in [1.54, 1.807) is 0 Å². The molecule has 2 rings (SSSR count). The van der Waals surface area contributed by atoms with E-state index < -0.39 is 12.2 Å². The van der Waals surface area contributed by atoms with Crippen LogP contribution in [-0.4, -0.2) is 10.2 Å². The molecule has 0 aromatic carbocycles. The first-order chi connectivity index (χ1) is 6.79. The molecule has 2 aromatic rings. The number of hydrogen-bond donors (Lipinski definition) is 2. The highest BCUT2D eigenvalue weighted by molar-refractivity contribution is 7.10. The van der Waals surface area contributed by atoms with Crippen LogP contribution in [0.2, 0.25) is 0 Å². The molecule has 0 aliphatic rings.